The molecule has 0 unspecified atom stereocenters. The Morgan fingerprint density at radius 3 is 2.83 bits per heavy atom. The number of nitrogens with two attached hydrogens (primary N) is 1. The number of benzene rings is 1. The van der Waals surface area contributed by atoms with Crippen LogP contribution in [0.15, 0.2) is 42.6 Å². The van der Waals surface area contributed by atoms with E-state index in [0.29, 0.717) is 22.8 Å². The number of carbonyl (C=O) groups is 1. The van der Waals surface area contributed by atoms with Gasteiger partial charge in [-0.3, -0.25) is 4.79 Å². The maximum atomic E-state index is 11.9. The number of pyridine rings is 1. The molecule has 0 aliphatic rings. The average Bonchev–Trinajstić information content (AvgIpc) is 2.40. The highest BCUT2D eigenvalue weighted by Crippen LogP contribution is 2.22. The van der Waals surface area contributed by atoms with Gasteiger partial charge in [-0.1, -0.05) is 6.07 Å². The molecule has 0 bridgehead atoms. The van der Waals surface area contributed by atoms with Crippen LogP contribution in [0.1, 0.15) is 10.4 Å². The van der Waals surface area contributed by atoms with Crippen molar-refractivity contribution in [1.29, 1.82) is 0 Å². The number of carbonyl (C=O) groups excluding carboxylic acids is 1. The summed E-state index contributed by atoms with van der Waals surface area (Å²) in [7, 11) is 1.51. The first-order valence-electron chi connectivity index (χ1n) is 5.36. The topological polar surface area (TPSA) is 77.2 Å². The lowest BCUT2D eigenvalue weighted by molar-refractivity contribution is 0.102. The van der Waals surface area contributed by atoms with Gasteiger partial charge in [0.1, 0.15) is 11.6 Å². The van der Waals surface area contributed by atoms with Gasteiger partial charge in [0.25, 0.3) is 5.91 Å². The standard InChI is InChI=1S/C13H13N3O2/c1-18-11-8-9(5-6-10(11)14)13(17)16-12-4-2-3-7-15-12/h2-8H,14H2,1H3,(H,15,16,17). The van der Waals surface area contributed by atoms with Crippen molar-refractivity contribution in [3.05, 3.63) is 48.2 Å². The number of amides is 1. The highest BCUT2D eigenvalue weighted by Gasteiger charge is 2.09. The second-order valence-electron chi connectivity index (χ2n) is 3.63. The first-order chi connectivity index (χ1) is 8.70. The molecule has 0 radical (unpaired) electrons. The zero-order valence-electron chi connectivity index (χ0n) is 9.88. The SMILES string of the molecule is COc1cc(C(=O)Nc2ccccn2)ccc1N. The summed E-state index contributed by atoms with van der Waals surface area (Å²) in [6.45, 7) is 0. The molecular formula is C13H13N3O2. The Bertz CT molecular complexity index is 555. The van der Waals surface area contributed by atoms with E-state index in [1.807, 2.05) is 0 Å². The predicted molar refractivity (Wildman–Crippen MR) is 69.6 cm³/mol. The smallest absolute Gasteiger partial charge is 0.256 e. The maximum absolute atomic E-state index is 11.9. The zero-order chi connectivity index (χ0) is 13.0. The first kappa shape index (κ1) is 11.9. The molecule has 0 atom stereocenters. The van der Waals surface area contributed by atoms with Gasteiger partial charge in [-0.05, 0) is 30.3 Å². The van der Waals surface area contributed by atoms with Crippen LogP contribution in [-0.2, 0) is 0 Å². The largest absolute Gasteiger partial charge is 0.495 e. The summed E-state index contributed by atoms with van der Waals surface area (Å²) >= 11 is 0. The van der Waals surface area contributed by atoms with Crippen molar-refractivity contribution in [1.82, 2.24) is 4.98 Å². The van der Waals surface area contributed by atoms with Crippen LogP contribution in [0.2, 0.25) is 0 Å². The minimum absolute atomic E-state index is 0.257. The van der Waals surface area contributed by atoms with Gasteiger partial charge in [-0.2, -0.15) is 0 Å². The van der Waals surface area contributed by atoms with E-state index >= 15 is 0 Å². The van der Waals surface area contributed by atoms with Gasteiger partial charge in [0, 0.05) is 11.8 Å². The van der Waals surface area contributed by atoms with Crippen LogP contribution in [0.5, 0.6) is 5.75 Å². The molecule has 0 aliphatic carbocycles. The molecule has 1 heterocycles. The normalized spacial score (nSPS) is 9.83. The Kier molecular flexibility index (Phi) is 3.43. The van der Waals surface area contributed by atoms with Gasteiger partial charge in [-0.15, -0.1) is 0 Å². The molecule has 1 aromatic carbocycles. The molecule has 0 aliphatic heterocycles. The van der Waals surface area contributed by atoms with Crippen molar-refractivity contribution in [2.45, 2.75) is 0 Å². The molecular weight excluding hydrogens is 230 g/mol. The quantitative estimate of drug-likeness (QED) is 0.807. The number of nitrogens with zero attached hydrogens (tertiary/aromatic N) is 1. The lowest BCUT2D eigenvalue weighted by Gasteiger charge is -2.07. The highest BCUT2D eigenvalue weighted by atomic mass is 16.5. The van der Waals surface area contributed by atoms with E-state index in [2.05, 4.69) is 10.3 Å². The molecule has 18 heavy (non-hydrogen) atoms. The Morgan fingerprint density at radius 2 is 2.17 bits per heavy atom. The number of nitrogens with one attached hydrogen (secondary N) is 1. The summed E-state index contributed by atoms with van der Waals surface area (Å²) in [6.07, 6.45) is 1.61. The molecule has 3 N–H and O–H groups in total. The molecule has 5 nitrogen and oxygen atoms in total. The lowest BCUT2D eigenvalue weighted by atomic mass is 10.2. The van der Waals surface area contributed by atoms with E-state index in [1.165, 1.54) is 7.11 Å². The van der Waals surface area contributed by atoms with Crippen molar-refractivity contribution in [3.63, 3.8) is 0 Å². The summed E-state index contributed by atoms with van der Waals surface area (Å²) in [5, 5.41) is 2.68. The van der Waals surface area contributed by atoms with Gasteiger partial charge < -0.3 is 15.8 Å². The molecule has 92 valence electrons. The summed E-state index contributed by atoms with van der Waals surface area (Å²) in [5.74, 6) is 0.717. The van der Waals surface area contributed by atoms with E-state index in [1.54, 1.807) is 42.6 Å². The lowest BCUT2D eigenvalue weighted by Crippen LogP contribution is -2.13. The van der Waals surface area contributed by atoms with Crippen molar-refractivity contribution >= 4 is 17.4 Å². The number of ether oxygens (including phenoxy) is 1. The van der Waals surface area contributed by atoms with E-state index in [-0.39, 0.29) is 5.91 Å². The number of methoxy groups -OCH3 is 1. The summed E-state index contributed by atoms with van der Waals surface area (Å²) in [5.41, 5.74) is 6.64. The van der Waals surface area contributed by atoms with Gasteiger partial charge in [-0.25, -0.2) is 4.98 Å². The van der Waals surface area contributed by atoms with Crippen molar-refractivity contribution < 1.29 is 9.53 Å². The summed E-state index contributed by atoms with van der Waals surface area (Å²) in [6, 6.07) is 10.1. The van der Waals surface area contributed by atoms with Gasteiger partial charge >= 0.3 is 0 Å². The van der Waals surface area contributed by atoms with Gasteiger partial charge in [0.2, 0.25) is 0 Å². The number of rotatable bonds is 3. The highest BCUT2D eigenvalue weighted by molar-refractivity contribution is 6.04. The number of hydrogen-bond acceptors (Lipinski definition) is 4. The molecule has 0 saturated heterocycles. The second-order valence-corrected chi connectivity index (χ2v) is 3.63. The van der Waals surface area contributed by atoms with Crippen molar-refractivity contribution in [2.24, 2.45) is 0 Å². The van der Waals surface area contributed by atoms with Crippen LogP contribution in [0, 0.1) is 0 Å². The average molecular weight is 243 g/mol. The second kappa shape index (κ2) is 5.18. The molecule has 2 rings (SSSR count). The molecule has 1 amide bonds. The Balaban J connectivity index is 2.19. The van der Waals surface area contributed by atoms with Crippen molar-refractivity contribution in [2.75, 3.05) is 18.2 Å². The molecule has 0 fully saturated rings. The van der Waals surface area contributed by atoms with Crippen LogP contribution < -0.4 is 15.8 Å². The van der Waals surface area contributed by atoms with E-state index < -0.39 is 0 Å². The predicted octanol–water partition coefficient (Wildman–Crippen LogP) is 1.92. The van der Waals surface area contributed by atoms with E-state index in [9.17, 15) is 4.79 Å². The monoisotopic (exact) mass is 243 g/mol. The third kappa shape index (κ3) is 2.57. The fourth-order valence-electron chi connectivity index (χ4n) is 1.48. The van der Waals surface area contributed by atoms with Crippen LogP contribution in [0.4, 0.5) is 11.5 Å². The van der Waals surface area contributed by atoms with E-state index in [0.717, 1.165) is 0 Å². The van der Waals surface area contributed by atoms with Gasteiger partial charge in [0.05, 0.1) is 12.8 Å². The molecule has 0 spiro atoms. The molecule has 1 aromatic heterocycles. The van der Waals surface area contributed by atoms with Crippen LogP contribution >= 0.6 is 0 Å². The minimum atomic E-state index is -0.257. The Morgan fingerprint density at radius 1 is 1.33 bits per heavy atom. The third-order valence-corrected chi connectivity index (χ3v) is 2.40. The molecule has 5 heteroatoms. The molecule has 0 saturated carbocycles. The number of nitrogen functional groups attached to an aromatic ring is 1. The minimum Gasteiger partial charge on any atom is -0.495 e. The summed E-state index contributed by atoms with van der Waals surface area (Å²) < 4.78 is 5.07. The number of anilines is 2. The Hall–Kier alpha value is -2.56. The van der Waals surface area contributed by atoms with Crippen molar-refractivity contribution in [3.8, 4) is 5.75 Å². The van der Waals surface area contributed by atoms with Crippen LogP contribution in [0.25, 0.3) is 0 Å². The zero-order valence-corrected chi connectivity index (χ0v) is 9.88. The number of aromatic nitrogens is 1. The van der Waals surface area contributed by atoms with Crippen LogP contribution in [0.3, 0.4) is 0 Å². The Labute approximate surface area is 105 Å². The van der Waals surface area contributed by atoms with Gasteiger partial charge in [0.15, 0.2) is 0 Å². The molecule has 2 aromatic rings. The number of hydrogen-bond donors (Lipinski definition) is 2. The third-order valence-electron chi connectivity index (χ3n) is 2.40. The fraction of sp³-hybridized carbons (Fsp3) is 0.0769. The van der Waals surface area contributed by atoms with E-state index in [4.69, 9.17) is 10.5 Å². The fourth-order valence-corrected chi connectivity index (χ4v) is 1.48. The van der Waals surface area contributed by atoms with Crippen LogP contribution in [-0.4, -0.2) is 18.0 Å². The first-order valence-corrected chi connectivity index (χ1v) is 5.36. The maximum Gasteiger partial charge on any atom is 0.256 e. The summed E-state index contributed by atoms with van der Waals surface area (Å²) in [4.78, 5) is 16.0.